The van der Waals surface area contributed by atoms with Crippen LogP contribution in [0.15, 0.2) is 71.7 Å². The van der Waals surface area contributed by atoms with Gasteiger partial charge in [0.05, 0.1) is 23.9 Å². The molecule has 2 aromatic carbocycles. The molecule has 0 spiro atoms. The summed E-state index contributed by atoms with van der Waals surface area (Å²) in [5.74, 6) is 1.07. The molecule has 2 aromatic heterocycles. The lowest BCUT2D eigenvalue weighted by Crippen LogP contribution is -2.18. The molecule has 0 amide bonds. The number of para-hydroxylation sites is 1. The van der Waals surface area contributed by atoms with Crippen molar-refractivity contribution >= 4 is 17.8 Å². The van der Waals surface area contributed by atoms with Crippen LogP contribution in [0.5, 0.6) is 11.5 Å². The summed E-state index contributed by atoms with van der Waals surface area (Å²) < 4.78 is 52.0. The van der Waals surface area contributed by atoms with E-state index in [1.54, 1.807) is 49.7 Å². The second-order valence-corrected chi connectivity index (χ2v) is 7.85. The lowest BCUT2D eigenvalue weighted by molar-refractivity contribution is -0.137. The molecule has 0 saturated carbocycles. The topological polar surface area (TPSA) is 64.9 Å². The third kappa shape index (κ3) is 5.26. The quantitative estimate of drug-likeness (QED) is 0.342. The normalized spacial score (nSPS) is 11.8. The summed E-state index contributed by atoms with van der Waals surface area (Å²) in [6, 6.07) is 15.0. The van der Waals surface area contributed by atoms with Crippen LogP contribution >= 0.6 is 0 Å². The van der Waals surface area contributed by atoms with E-state index in [-0.39, 0.29) is 5.56 Å². The molecule has 0 bridgehead atoms. The summed E-state index contributed by atoms with van der Waals surface area (Å²) in [6.45, 7) is 1.03. The van der Waals surface area contributed by atoms with Crippen LogP contribution in [0, 0.1) is 0 Å². The summed E-state index contributed by atoms with van der Waals surface area (Å²) >= 11 is 0. The van der Waals surface area contributed by atoms with Gasteiger partial charge in [-0.3, -0.25) is 9.20 Å². The number of aromatic nitrogens is 2. The van der Waals surface area contributed by atoms with Crippen molar-refractivity contribution in [2.75, 3.05) is 27.3 Å². The average molecular weight is 496 g/mol. The number of methoxy groups -OCH3 is 1. The molecule has 4 rings (SSSR count). The number of nitrogens with zero attached hydrogens (tertiary/aromatic N) is 2. The maximum Gasteiger partial charge on any atom is 0.416 e. The minimum absolute atomic E-state index is 0.184. The highest BCUT2D eigenvalue weighted by molar-refractivity contribution is 5.81. The van der Waals surface area contributed by atoms with Gasteiger partial charge in [0.2, 0.25) is 0 Å². The number of likely N-dealkylation sites (N-methyl/N-ethyl adjacent to an activating group) is 1. The van der Waals surface area contributed by atoms with Crippen molar-refractivity contribution in [3.63, 3.8) is 0 Å². The van der Waals surface area contributed by atoms with Crippen molar-refractivity contribution in [2.24, 2.45) is 0 Å². The van der Waals surface area contributed by atoms with E-state index in [1.807, 2.05) is 19.2 Å². The lowest BCUT2D eigenvalue weighted by Gasteiger charge is -2.13. The number of halogens is 3. The maximum absolute atomic E-state index is 13.4. The van der Waals surface area contributed by atoms with Gasteiger partial charge in [-0.25, -0.2) is 4.98 Å². The standard InChI is InChI=1S/C27H24F3N3O3/c1-31-15-17-36-25-19(6-5-7-22(25)35-2)11-14-21-24(18-9-12-20(13-10-18)27(28,29)30)26(34)33-16-4-3-8-23(33)32-21/h3-14,16,31H,15,17H2,1-2H3/b14-11+. The molecule has 0 fully saturated rings. The summed E-state index contributed by atoms with van der Waals surface area (Å²) in [6.07, 6.45) is 0.489. The molecule has 9 heteroatoms. The van der Waals surface area contributed by atoms with Gasteiger partial charge in [0.1, 0.15) is 12.3 Å². The molecule has 0 aliphatic heterocycles. The fraction of sp³-hybridized carbons (Fsp3) is 0.185. The third-order valence-electron chi connectivity index (χ3n) is 5.51. The number of benzene rings is 2. The highest BCUT2D eigenvalue weighted by atomic mass is 19.4. The zero-order valence-corrected chi connectivity index (χ0v) is 19.7. The Morgan fingerprint density at radius 1 is 1.03 bits per heavy atom. The van der Waals surface area contributed by atoms with Crippen LogP contribution in [0.4, 0.5) is 13.2 Å². The maximum atomic E-state index is 13.4. The number of pyridine rings is 1. The van der Waals surface area contributed by atoms with E-state index in [2.05, 4.69) is 10.3 Å². The fourth-order valence-electron chi connectivity index (χ4n) is 3.73. The monoisotopic (exact) mass is 495 g/mol. The Morgan fingerprint density at radius 2 is 1.81 bits per heavy atom. The molecule has 0 aliphatic carbocycles. The molecule has 36 heavy (non-hydrogen) atoms. The molecule has 0 unspecified atom stereocenters. The van der Waals surface area contributed by atoms with Gasteiger partial charge in [0.15, 0.2) is 11.5 Å². The van der Waals surface area contributed by atoms with Crippen molar-refractivity contribution in [1.29, 1.82) is 0 Å². The molecule has 186 valence electrons. The van der Waals surface area contributed by atoms with Gasteiger partial charge in [-0.15, -0.1) is 0 Å². The number of rotatable bonds is 8. The molecular weight excluding hydrogens is 471 g/mol. The van der Waals surface area contributed by atoms with Crippen LogP contribution in [0.3, 0.4) is 0 Å². The zero-order valence-electron chi connectivity index (χ0n) is 19.7. The minimum atomic E-state index is -4.48. The summed E-state index contributed by atoms with van der Waals surface area (Å²) in [7, 11) is 3.36. The third-order valence-corrected chi connectivity index (χ3v) is 5.51. The van der Waals surface area contributed by atoms with Crippen molar-refractivity contribution in [1.82, 2.24) is 14.7 Å². The van der Waals surface area contributed by atoms with Gasteiger partial charge in [0.25, 0.3) is 5.56 Å². The number of alkyl halides is 3. The minimum Gasteiger partial charge on any atom is -0.493 e. The van der Waals surface area contributed by atoms with E-state index in [1.165, 1.54) is 16.5 Å². The summed E-state index contributed by atoms with van der Waals surface area (Å²) in [5.41, 5.74) is 0.745. The second-order valence-electron chi connectivity index (χ2n) is 7.85. The lowest BCUT2D eigenvalue weighted by atomic mass is 10.0. The van der Waals surface area contributed by atoms with E-state index >= 15 is 0 Å². The Hall–Kier alpha value is -4.11. The molecular formula is C27H24F3N3O3. The number of hydrogen-bond donors (Lipinski definition) is 1. The predicted molar refractivity (Wildman–Crippen MR) is 133 cm³/mol. The van der Waals surface area contributed by atoms with Crippen LogP contribution in [0.1, 0.15) is 16.8 Å². The van der Waals surface area contributed by atoms with Gasteiger partial charge in [-0.1, -0.05) is 30.3 Å². The molecule has 6 nitrogen and oxygen atoms in total. The van der Waals surface area contributed by atoms with Crippen molar-refractivity contribution in [3.8, 4) is 22.6 Å². The van der Waals surface area contributed by atoms with Crippen molar-refractivity contribution < 1.29 is 22.6 Å². The number of fused-ring (bicyclic) bond motifs is 1. The highest BCUT2D eigenvalue weighted by Crippen LogP contribution is 2.34. The zero-order chi connectivity index (χ0) is 25.7. The first kappa shape index (κ1) is 25.0. The first-order chi connectivity index (χ1) is 17.3. The number of nitrogens with one attached hydrogen (secondary N) is 1. The van der Waals surface area contributed by atoms with Crippen molar-refractivity contribution in [3.05, 3.63) is 94.0 Å². The molecule has 0 radical (unpaired) electrons. The molecule has 1 N–H and O–H groups in total. The Kier molecular flexibility index (Phi) is 7.40. The van der Waals surface area contributed by atoms with Crippen LogP contribution in [0.25, 0.3) is 28.9 Å². The summed E-state index contributed by atoms with van der Waals surface area (Å²) in [5, 5.41) is 3.01. The van der Waals surface area contributed by atoms with Gasteiger partial charge < -0.3 is 14.8 Å². The number of hydrogen-bond acceptors (Lipinski definition) is 5. The first-order valence-electron chi connectivity index (χ1n) is 11.1. The molecule has 4 aromatic rings. The Labute approximate surface area is 205 Å². The van der Waals surface area contributed by atoms with Gasteiger partial charge in [0, 0.05) is 18.3 Å². The van der Waals surface area contributed by atoms with Gasteiger partial charge in [-0.2, -0.15) is 13.2 Å². The summed E-state index contributed by atoms with van der Waals surface area (Å²) in [4.78, 5) is 18.0. The second kappa shape index (κ2) is 10.7. The molecule has 0 atom stereocenters. The Bertz CT molecular complexity index is 1450. The molecule has 0 saturated heterocycles. The van der Waals surface area contributed by atoms with E-state index < -0.39 is 17.3 Å². The Morgan fingerprint density at radius 3 is 2.50 bits per heavy atom. The predicted octanol–water partition coefficient (Wildman–Crippen LogP) is 5.16. The van der Waals surface area contributed by atoms with Gasteiger partial charge in [-0.05, 0) is 55.1 Å². The number of ether oxygens (including phenoxy) is 2. The molecule has 2 heterocycles. The molecule has 0 aliphatic rings. The van der Waals surface area contributed by atoms with Crippen LogP contribution in [0.2, 0.25) is 0 Å². The fourth-order valence-corrected chi connectivity index (χ4v) is 3.73. The van der Waals surface area contributed by atoms with E-state index in [9.17, 15) is 18.0 Å². The van der Waals surface area contributed by atoms with Crippen LogP contribution in [-0.2, 0) is 6.18 Å². The van der Waals surface area contributed by atoms with Crippen LogP contribution in [-0.4, -0.2) is 36.7 Å². The average Bonchev–Trinajstić information content (AvgIpc) is 2.87. The SMILES string of the molecule is CNCCOc1c(/C=C/c2nc3ccccn3c(=O)c2-c2ccc(C(F)(F)F)cc2)cccc1OC. The Balaban J connectivity index is 1.84. The van der Waals surface area contributed by atoms with Crippen molar-refractivity contribution in [2.45, 2.75) is 6.18 Å². The largest absolute Gasteiger partial charge is 0.493 e. The van der Waals surface area contributed by atoms with Gasteiger partial charge >= 0.3 is 6.18 Å². The smallest absolute Gasteiger partial charge is 0.416 e. The van der Waals surface area contributed by atoms with E-state index in [0.717, 1.165) is 12.1 Å². The van der Waals surface area contributed by atoms with E-state index in [0.29, 0.717) is 47.1 Å². The van der Waals surface area contributed by atoms with E-state index in [4.69, 9.17) is 9.47 Å². The first-order valence-corrected chi connectivity index (χ1v) is 11.1. The van der Waals surface area contributed by atoms with Crippen LogP contribution < -0.4 is 20.3 Å². The highest BCUT2D eigenvalue weighted by Gasteiger charge is 2.30.